The van der Waals surface area contributed by atoms with E-state index in [0.717, 1.165) is 11.8 Å². The van der Waals surface area contributed by atoms with E-state index < -0.39 is 0 Å². The van der Waals surface area contributed by atoms with Crippen LogP contribution in [-0.4, -0.2) is 24.0 Å². The molecule has 1 aliphatic heterocycles. The Morgan fingerprint density at radius 1 is 1.46 bits per heavy atom. The molecule has 13 heavy (non-hydrogen) atoms. The number of hydrogen-bond acceptors (Lipinski definition) is 2. The molecule has 0 spiro atoms. The van der Waals surface area contributed by atoms with E-state index in [1.165, 1.54) is 19.5 Å². The summed E-state index contributed by atoms with van der Waals surface area (Å²) in [5, 5.41) is 8.61. The Hall–Kier alpha value is -0.550. The van der Waals surface area contributed by atoms with Crippen LogP contribution in [0.2, 0.25) is 0 Å². The molecule has 1 fully saturated rings. The summed E-state index contributed by atoms with van der Waals surface area (Å²) in [4.78, 5) is 2.45. The molecule has 0 aromatic rings. The van der Waals surface area contributed by atoms with Crippen LogP contribution in [0, 0.1) is 23.2 Å². The molecule has 0 amide bonds. The number of rotatable bonds is 2. The van der Waals surface area contributed by atoms with Crippen molar-refractivity contribution in [3.8, 4) is 6.07 Å². The zero-order valence-electron chi connectivity index (χ0n) is 8.95. The molecule has 3 atom stereocenters. The standard InChI is InChI=1S/C11H20N2/c1-9-5-7-13(8-10(9)2)11(3)4-6-12/h9-11H,4-5,7-8H2,1-3H3. The predicted octanol–water partition coefficient (Wildman–Crippen LogP) is 2.27. The van der Waals surface area contributed by atoms with Gasteiger partial charge in [-0.05, 0) is 31.7 Å². The van der Waals surface area contributed by atoms with E-state index in [1.54, 1.807) is 0 Å². The molecule has 3 unspecified atom stereocenters. The lowest BCUT2D eigenvalue weighted by Gasteiger charge is -2.38. The zero-order valence-corrected chi connectivity index (χ0v) is 8.95. The summed E-state index contributed by atoms with van der Waals surface area (Å²) in [5.74, 6) is 1.64. The first kappa shape index (κ1) is 10.5. The SMILES string of the molecule is CC1CCN(C(C)CC#N)CC1C. The van der Waals surface area contributed by atoms with Gasteiger partial charge in [0.2, 0.25) is 0 Å². The molecular weight excluding hydrogens is 160 g/mol. The minimum Gasteiger partial charge on any atom is -0.299 e. The molecule has 0 aliphatic carbocycles. The van der Waals surface area contributed by atoms with E-state index in [-0.39, 0.29) is 0 Å². The van der Waals surface area contributed by atoms with E-state index in [4.69, 9.17) is 5.26 Å². The Labute approximate surface area is 81.5 Å². The predicted molar refractivity (Wildman–Crippen MR) is 54.2 cm³/mol. The first-order valence-electron chi connectivity index (χ1n) is 5.26. The smallest absolute Gasteiger partial charge is 0.0638 e. The molecule has 1 aliphatic rings. The molecule has 1 saturated heterocycles. The van der Waals surface area contributed by atoms with Gasteiger partial charge in [-0.1, -0.05) is 13.8 Å². The average molecular weight is 180 g/mol. The van der Waals surface area contributed by atoms with Gasteiger partial charge in [0.1, 0.15) is 0 Å². The van der Waals surface area contributed by atoms with Gasteiger partial charge in [0.05, 0.1) is 12.5 Å². The molecule has 2 nitrogen and oxygen atoms in total. The van der Waals surface area contributed by atoms with Crippen LogP contribution < -0.4 is 0 Å². The topological polar surface area (TPSA) is 27.0 Å². The minimum absolute atomic E-state index is 0.444. The normalized spacial score (nSPS) is 32.5. The molecule has 0 N–H and O–H groups in total. The Kier molecular flexibility index (Phi) is 3.74. The molecule has 0 bridgehead atoms. The quantitative estimate of drug-likeness (QED) is 0.652. The number of likely N-dealkylation sites (tertiary alicyclic amines) is 1. The second-order valence-corrected chi connectivity index (χ2v) is 4.45. The van der Waals surface area contributed by atoms with E-state index >= 15 is 0 Å². The fraction of sp³-hybridized carbons (Fsp3) is 0.909. The monoisotopic (exact) mass is 180 g/mol. The Morgan fingerprint density at radius 2 is 2.15 bits per heavy atom. The van der Waals surface area contributed by atoms with Gasteiger partial charge in [-0.3, -0.25) is 4.90 Å². The number of nitrogens with zero attached hydrogens (tertiary/aromatic N) is 2. The summed E-state index contributed by atoms with van der Waals surface area (Å²) >= 11 is 0. The van der Waals surface area contributed by atoms with Gasteiger partial charge in [0, 0.05) is 12.6 Å². The third-order valence-electron chi connectivity index (χ3n) is 3.38. The maximum Gasteiger partial charge on any atom is 0.0638 e. The van der Waals surface area contributed by atoms with Gasteiger partial charge >= 0.3 is 0 Å². The lowest BCUT2D eigenvalue weighted by atomic mass is 9.88. The van der Waals surface area contributed by atoms with Crippen LogP contribution in [0.5, 0.6) is 0 Å². The fourth-order valence-corrected chi connectivity index (χ4v) is 1.96. The van der Waals surface area contributed by atoms with Crippen molar-refractivity contribution in [2.24, 2.45) is 11.8 Å². The van der Waals surface area contributed by atoms with Crippen molar-refractivity contribution in [2.75, 3.05) is 13.1 Å². The van der Waals surface area contributed by atoms with Crippen LogP contribution in [-0.2, 0) is 0 Å². The Bertz CT molecular complexity index is 195. The third kappa shape index (κ3) is 2.70. The number of piperidine rings is 1. The molecule has 0 saturated carbocycles. The van der Waals surface area contributed by atoms with E-state index in [9.17, 15) is 0 Å². The summed E-state index contributed by atoms with van der Waals surface area (Å²) < 4.78 is 0. The zero-order chi connectivity index (χ0) is 9.84. The van der Waals surface area contributed by atoms with E-state index in [0.29, 0.717) is 12.5 Å². The van der Waals surface area contributed by atoms with Crippen molar-refractivity contribution in [1.29, 1.82) is 5.26 Å². The van der Waals surface area contributed by atoms with Crippen molar-refractivity contribution >= 4 is 0 Å². The van der Waals surface area contributed by atoms with Gasteiger partial charge in [-0.2, -0.15) is 5.26 Å². The summed E-state index contributed by atoms with van der Waals surface area (Å²) in [7, 11) is 0. The maximum absolute atomic E-state index is 8.61. The van der Waals surface area contributed by atoms with Crippen LogP contribution in [0.25, 0.3) is 0 Å². The first-order chi connectivity index (χ1) is 6.15. The molecule has 1 rings (SSSR count). The fourth-order valence-electron chi connectivity index (χ4n) is 1.96. The van der Waals surface area contributed by atoms with Crippen molar-refractivity contribution in [2.45, 2.75) is 39.7 Å². The van der Waals surface area contributed by atoms with Crippen LogP contribution in [0.1, 0.15) is 33.6 Å². The van der Waals surface area contributed by atoms with Crippen LogP contribution >= 0.6 is 0 Å². The molecule has 1 heterocycles. The Balaban J connectivity index is 2.41. The summed E-state index contributed by atoms with van der Waals surface area (Å²) in [6, 6.07) is 2.69. The van der Waals surface area contributed by atoms with Gasteiger partial charge in [0.25, 0.3) is 0 Å². The first-order valence-corrected chi connectivity index (χ1v) is 5.26. The third-order valence-corrected chi connectivity index (χ3v) is 3.38. The summed E-state index contributed by atoms with van der Waals surface area (Å²) in [6.45, 7) is 9.15. The van der Waals surface area contributed by atoms with Crippen LogP contribution in [0.15, 0.2) is 0 Å². The lowest BCUT2D eigenvalue weighted by Crippen LogP contribution is -2.43. The van der Waals surface area contributed by atoms with Crippen LogP contribution in [0.4, 0.5) is 0 Å². The largest absolute Gasteiger partial charge is 0.299 e. The highest BCUT2D eigenvalue weighted by Crippen LogP contribution is 2.24. The van der Waals surface area contributed by atoms with E-state index in [2.05, 4.69) is 31.7 Å². The summed E-state index contributed by atoms with van der Waals surface area (Å²) in [6.07, 6.45) is 1.96. The van der Waals surface area contributed by atoms with Gasteiger partial charge in [0.15, 0.2) is 0 Å². The average Bonchev–Trinajstić information content (AvgIpc) is 2.10. The molecule has 0 aromatic carbocycles. The van der Waals surface area contributed by atoms with Gasteiger partial charge in [-0.15, -0.1) is 0 Å². The Morgan fingerprint density at radius 3 is 2.69 bits per heavy atom. The summed E-state index contributed by atoms with van der Waals surface area (Å²) in [5.41, 5.74) is 0. The highest BCUT2D eigenvalue weighted by molar-refractivity contribution is 4.84. The second kappa shape index (κ2) is 4.62. The van der Waals surface area contributed by atoms with Gasteiger partial charge in [-0.25, -0.2) is 0 Å². The van der Waals surface area contributed by atoms with Crippen molar-refractivity contribution in [1.82, 2.24) is 4.90 Å². The molecular formula is C11H20N2. The molecule has 2 heteroatoms. The number of nitriles is 1. The van der Waals surface area contributed by atoms with E-state index in [1.807, 2.05) is 0 Å². The highest BCUT2D eigenvalue weighted by Gasteiger charge is 2.25. The van der Waals surface area contributed by atoms with Crippen molar-refractivity contribution < 1.29 is 0 Å². The molecule has 0 aromatic heterocycles. The maximum atomic E-state index is 8.61. The number of hydrogen-bond donors (Lipinski definition) is 0. The molecule has 74 valence electrons. The highest BCUT2D eigenvalue weighted by atomic mass is 15.2. The molecule has 0 radical (unpaired) electrons. The van der Waals surface area contributed by atoms with Crippen molar-refractivity contribution in [3.63, 3.8) is 0 Å². The second-order valence-electron chi connectivity index (χ2n) is 4.45. The lowest BCUT2D eigenvalue weighted by molar-refractivity contribution is 0.104. The van der Waals surface area contributed by atoms with Crippen molar-refractivity contribution in [3.05, 3.63) is 0 Å². The minimum atomic E-state index is 0.444. The van der Waals surface area contributed by atoms with Gasteiger partial charge < -0.3 is 0 Å². The van der Waals surface area contributed by atoms with Crippen LogP contribution in [0.3, 0.4) is 0 Å².